The number of nitrogens with one attached hydrogen (secondary N) is 1. The SMILES string of the molecule is CCC1CCCCN1c1nncc(Nc2ccc(Oc3ccccc3)cc2)n1. The Bertz CT molecular complexity index is 885. The summed E-state index contributed by atoms with van der Waals surface area (Å²) in [6, 6.07) is 18.1. The van der Waals surface area contributed by atoms with E-state index in [4.69, 9.17) is 9.72 Å². The standard InChI is InChI=1S/C22H25N5O/c1-2-18-8-6-7-15-27(18)22-25-21(16-23-26-22)24-17-11-13-20(14-12-17)28-19-9-4-3-5-10-19/h3-5,9-14,16,18H,2,6-8,15H2,1H3,(H,24,25,26). The molecule has 1 atom stereocenters. The van der Waals surface area contributed by atoms with Crippen LogP contribution < -0.4 is 15.0 Å². The van der Waals surface area contributed by atoms with Crippen molar-refractivity contribution in [3.8, 4) is 11.5 Å². The number of para-hydroxylation sites is 1. The van der Waals surface area contributed by atoms with Gasteiger partial charge < -0.3 is 15.0 Å². The number of aromatic nitrogens is 3. The van der Waals surface area contributed by atoms with Gasteiger partial charge in [-0.25, -0.2) is 0 Å². The molecule has 0 spiro atoms. The maximum Gasteiger partial charge on any atom is 0.247 e. The van der Waals surface area contributed by atoms with Crippen molar-refractivity contribution >= 4 is 17.5 Å². The van der Waals surface area contributed by atoms with Crippen LogP contribution in [-0.4, -0.2) is 27.8 Å². The quantitative estimate of drug-likeness (QED) is 0.641. The van der Waals surface area contributed by atoms with Gasteiger partial charge in [0.15, 0.2) is 5.82 Å². The van der Waals surface area contributed by atoms with Crippen molar-refractivity contribution in [3.05, 3.63) is 60.8 Å². The zero-order chi connectivity index (χ0) is 19.2. The van der Waals surface area contributed by atoms with Crippen LogP contribution in [0.3, 0.4) is 0 Å². The highest BCUT2D eigenvalue weighted by Crippen LogP contribution is 2.26. The number of hydrogen-bond donors (Lipinski definition) is 1. The second-order valence-electron chi connectivity index (χ2n) is 6.96. The van der Waals surface area contributed by atoms with Gasteiger partial charge in [0.05, 0.1) is 6.20 Å². The second-order valence-corrected chi connectivity index (χ2v) is 6.96. The average Bonchev–Trinajstić information content (AvgIpc) is 2.76. The minimum atomic E-state index is 0.500. The van der Waals surface area contributed by atoms with Crippen molar-refractivity contribution in [2.24, 2.45) is 0 Å². The summed E-state index contributed by atoms with van der Waals surface area (Å²) in [5.74, 6) is 3.01. The summed E-state index contributed by atoms with van der Waals surface area (Å²) in [5, 5.41) is 11.7. The van der Waals surface area contributed by atoms with E-state index in [-0.39, 0.29) is 0 Å². The number of benzene rings is 2. The van der Waals surface area contributed by atoms with Crippen LogP contribution in [0.4, 0.5) is 17.5 Å². The molecule has 28 heavy (non-hydrogen) atoms. The van der Waals surface area contributed by atoms with Crippen molar-refractivity contribution in [3.63, 3.8) is 0 Å². The number of anilines is 3. The molecule has 1 fully saturated rings. The van der Waals surface area contributed by atoms with Gasteiger partial charge in [0, 0.05) is 18.3 Å². The van der Waals surface area contributed by atoms with Crippen LogP contribution in [0.25, 0.3) is 0 Å². The van der Waals surface area contributed by atoms with Gasteiger partial charge in [0.2, 0.25) is 5.95 Å². The third-order valence-corrected chi connectivity index (χ3v) is 5.01. The van der Waals surface area contributed by atoms with Crippen LogP contribution in [0.5, 0.6) is 11.5 Å². The van der Waals surface area contributed by atoms with E-state index < -0.39 is 0 Å². The molecule has 6 nitrogen and oxygen atoms in total. The molecule has 1 N–H and O–H groups in total. The Labute approximate surface area is 165 Å². The van der Waals surface area contributed by atoms with Gasteiger partial charge in [-0.1, -0.05) is 25.1 Å². The number of hydrogen-bond acceptors (Lipinski definition) is 6. The summed E-state index contributed by atoms with van der Waals surface area (Å²) in [5.41, 5.74) is 0.928. The molecule has 2 heterocycles. The molecule has 144 valence electrons. The smallest absolute Gasteiger partial charge is 0.247 e. The van der Waals surface area contributed by atoms with Crippen LogP contribution in [0.1, 0.15) is 32.6 Å². The first-order valence-electron chi connectivity index (χ1n) is 9.88. The van der Waals surface area contributed by atoms with Gasteiger partial charge in [-0.3, -0.25) is 0 Å². The monoisotopic (exact) mass is 375 g/mol. The summed E-state index contributed by atoms with van der Waals surface area (Å²) in [4.78, 5) is 6.98. The van der Waals surface area contributed by atoms with Crippen LogP contribution in [0.2, 0.25) is 0 Å². The Morgan fingerprint density at radius 1 is 1.04 bits per heavy atom. The van der Waals surface area contributed by atoms with Crippen LogP contribution in [0.15, 0.2) is 60.8 Å². The Balaban J connectivity index is 1.44. The average molecular weight is 375 g/mol. The zero-order valence-electron chi connectivity index (χ0n) is 16.1. The lowest BCUT2D eigenvalue weighted by Crippen LogP contribution is -2.40. The fourth-order valence-electron chi connectivity index (χ4n) is 3.54. The Hall–Kier alpha value is -3.15. The molecule has 1 aromatic heterocycles. The highest BCUT2D eigenvalue weighted by molar-refractivity contribution is 5.57. The van der Waals surface area contributed by atoms with Crippen LogP contribution >= 0.6 is 0 Å². The number of ether oxygens (including phenoxy) is 1. The zero-order valence-corrected chi connectivity index (χ0v) is 16.1. The number of rotatable bonds is 6. The fourth-order valence-corrected chi connectivity index (χ4v) is 3.54. The van der Waals surface area contributed by atoms with Crippen LogP contribution in [0, 0.1) is 0 Å². The normalized spacial score (nSPS) is 16.6. The summed E-state index contributed by atoms with van der Waals surface area (Å²) in [7, 11) is 0. The first-order valence-corrected chi connectivity index (χ1v) is 9.88. The molecule has 0 radical (unpaired) electrons. The van der Waals surface area contributed by atoms with Crippen molar-refractivity contribution in [2.45, 2.75) is 38.6 Å². The lowest BCUT2D eigenvalue weighted by atomic mass is 10.0. The minimum Gasteiger partial charge on any atom is -0.457 e. The Morgan fingerprint density at radius 3 is 2.61 bits per heavy atom. The minimum absolute atomic E-state index is 0.500. The predicted molar refractivity (Wildman–Crippen MR) is 111 cm³/mol. The Morgan fingerprint density at radius 2 is 1.82 bits per heavy atom. The summed E-state index contributed by atoms with van der Waals surface area (Å²) >= 11 is 0. The lowest BCUT2D eigenvalue weighted by molar-refractivity contribution is 0.442. The van der Waals surface area contributed by atoms with Gasteiger partial charge in [-0.15, -0.1) is 5.10 Å². The van der Waals surface area contributed by atoms with E-state index in [1.165, 1.54) is 19.3 Å². The van der Waals surface area contributed by atoms with Gasteiger partial charge in [0.25, 0.3) is 0 Å². The molecule has 6 heteroatoms. The number of piperidine rings is 1. The first kappa shape index (κ1) is 18.2. The van der Waals surface area contributed by atoms with E-state index in [0.29, 0.717) is 17.8 Å². The predicted octanol–water partition coefficient (Wildman–Crippen LogP) is 5.18. The molecule has 0 amide bonds. The molecule has 1 aliphatic heterocycles. The Kier molecular flexibility index (Phi) is 5.66. The molecule has 1 aliphatic rings. The summed E-state index contributed by atoms with van der Waals surface area (Å²) < 4.78 is 5.83. The van der Waals surface area contributed by atoms with E-state index in [1.54, 1.807) is 6.20 Å². The van der Waals surface area contributed by atoms with Crippen molar-refractivity contribution in [2.75, 3.05) is 16.8 Å². The largest absolute Gasteiger partial charge is 0.457 e. The highest BCUT2D eigenvalue weighted by atomic mass is 16.5. The van der Waals surface area contributed by atoms with Crippen molar-refractivity contribution in [1.82, 2.24) is 15.2 Å². The van der Waals surface area contributed by atoms with E-state index in [9.17, 15) is 0 Å². The van der Waals surface area contributed by atoms with E-state index in [1.807, 2.05) is 54.6 Å². The highest BCUT2D eigenvalue weighted by Gasteiger charge is 2.23. The molecule has 0 saturated carbocycles. The van der Waals surface area contributed by atoms with Gasteiger partial charge in [0.1, 0.15) is 11.5 Å². The van der Waals surface area contributed by atoms with Gasteiger partial charge in [-0.05, 0) is 62.1 Å². The molecule has 1 unspecified atom stereocenters. The van der Waals surface area contributed by atoms with E-state index >= 15 is 0 Å². The van der Waals surface area contributed by atoms with Crippen molar-refractivity contribution in [1.29, 1.82) is 0 Å². The van der Waals surface area contributed by atoms with Crippen LogP contribution in [-0.2, 0) is 0 Å². The maximum atomic E-state index is 5.83. The van der Waals surface area contributed by atoms with Gasteiger partial charge in [-0.2, -0.15) is 10.1 Å². The molecule has 4 rings (SSSR count). The summed E-state index contributed by atoms with van der Waals surface area (Å²) in [6.07, 6.45) is 6.41. The second kappa shape index (κ2) is 8.69. The maximum absolute atomic E-state index is 5.83. The lowest BCUT2D eigenvalue weighted by Gasteiger charge is -2.34. The third kappa shape index (κ3) is 4.39. The molecular formula is C22H25N5O. The summed E-state index contributed by atoms with van der Waals surface area (Å²) in [6.45, 7) is 3.22. The molecule has 0 bridgehead atoms. The number of nitrogens with zero attached hydrogens (tertiary/aromatic N) is 4. The fraction of sp³-hybridized carbons (Fsp3) is 0.318. The van der Waals surface area contributed by atoms with E-state index in [0.717, 1.165) is 30.2 Å². The molecular weight excluding hydrogens is 350 g/mol. The molecule has 2 aromatic carbocycles. The van der Waals surface area contributed by atoms with E-state index in [2.05, 4.69) is 27.3 Å². The topological polar surface area (TPSA) is 63.2 Å². The molecule has 3 aromatic rings. The first-order chi connectivity index (χ1) is 13.8. The van der Waals surface area contributed by atoms with Crippen molar-refractivity contribution < 1.29 is 4.74 Å². The van der Waals surface area contributed by atoms with Gasteiger partial charge >= 0.3 is 0 Å². The molecule has 0 aliphatic carbocycles. The third-order valence-electron chi connectivity index (χ3n) is 5.01. The molecule has 1 saturated heterocycles.